The second-order valence-corrected chi connectivity index (χ2v) is 12.2. The summed E-state index contributed by atoms with van der Waals surface area (Å²) in [6.45, 7) is 0. The minimum absolute atomic E-state index is 0.529. The molecule has 5 nitrogen and oxygen atoms in total. The van der Waals surface area contributed by atoms with Crippen LogP contribution in [0.4, 0.5) is 0 Å². The summed E-state index contributed by atoms with van der Waals surface area (Å²) in [6.07, 6.45) is 0. The van der Waals surface area contributed by atoms with Gasteiger partial charge < -0.3 is 4.42 Å². The van der Waals surface area contributed by atoms with Gasteiger partial charge in [-0.1, -0.05) is 140 Å². The van der Waals surface area contributed by atoms with E-state index in [1.54, 1.807) is 0 Å². The first-order valence-electron chi connectivity index (χ1n) is 16.3. The molecule has 10 rings (SSSR count). The lowest BCUT2D eigenvalue weighted by molar-refractivity contribution is 0.669. The molecule has 0 amide bonds. The summed E-state index contributed by atoms with van der Waals surface area (Å²) in [6, 6.07) is 54.1. The highest BCUT2D eigenvalue weighted by Gasteiger charge is 2.16. The molecule has 0 unspecified atom stereocenters. The highest BCUT2D eigenvalue weighted by atomic mass is 16.3. The Morgan fingerprint density at radius 3 is 1.80 bits per heavy atom. The molecule has 0 aliphatic heterocycles. The first-order chi connectivity index (χ1) is 24.3. The molecule has 0 bridgehead atoms. The number of para-hydroxylation sites is 1. The van der Waals surface area contributed by atoms with Gasteiger partial charge in [0.05, 0.1) is 5.52 Å². The number of pyridine rings is 1. The van der Waals surface area contributed by atoms with Gasteiger partial charge in [0.25, 0.3) is 0 Å². The molecule has 0 fully saturated rings. The number of furan rings is 1. The average molecular weight is 627 g/mol. The third kappa shape index (κ3) is 4.55. The van der Waals surface area contributed by atoms with Crippen molar-refractivity contribution in [1.29, 1.82) is 0 Å². The lowest BCUT2D eigenvalue weighted by atomic mass is 9.98. The van der Waals surface area contributed by atoms with E-state index in [0.29, 0.717) is 23.2 Å². The summed E-state index contributed by atoms with van der Waals surface area (Å²) in [5.74, 6) is 1.72. The maximum Gasteiger partial charge on any atom is 0.182 e. The summed E-state index contributed by atoms with van der Waals surface area (Å²) in [4.78, 5) is 20.2. The van der Waals surface area contributed by atoms with Crippen molar-refractivity contribution in [2.45, 2.75) is 0 Å². The summed E-state index contributed by atoms with van der Waals surface area (Å²) in [7, 11) is 0. The zero-order chi connectivity index (χ0) is 32.3. The van der Waals surface area contributed by atoms with Crippen LogP contribution in [0, 0.1) is 0 Å². The van der Waals surface area contributed by atoms with Crippen LogP contribution >= 0.6 is 0 Å². The Hall–Kier alpha value is -6.72. The molecule has 7 aromatic carbocycles. The number of hydrogen-bond acceptors (Lipinski definition) is 5. The zero-order valence-corrected chi connectivity index (χ0v) is 26.2. The van der Waals surface area contributed by atoms with Crippen LogP contribution in [-0.4, -0.2) is 19.9 Å². The number of benzene rings is 7. The molecule has 0 saturated carbocycles. The second-order valence-electron chi connectivity index (χ2n) is 12.2. The van der Waals surface area contributed by atoms with Crippen LogP contribution in [0.1, 0.15) is 0 Å². The third-order valence-corrected chi connectivity index (χ3v) is 9.32. The number of fused-ring (bicyclic) bond motifs is 8. The van der Waals surface area contributed by atoms with Crippen molar-refractivity contribution in [3.05, 3.63) is 158 Å². The minimum atomic E-state index is 0.529. The molecule has 0 radical (unpaired) electrons. The van der Waals surface area contributed by atoms with Crippen molar-refractivity contribution < 1.29 is 4.42 Å². The number of aromatic nitrogens is 4. The van der Waals surface area contributed by atoms with Gasteiger partial charge in [-0.25, -0.2) is 19.9 Å². The van der Waals surface area contributed by atoms with Crippen molar-refractivity contribution in [1.82, 2.24) is 19.9 Å². The van der Waals surface area contributed by atoms with E-state index in [0.717, 1.165) is 65.9 Å². The van der Waals surface area contributed by atoms with E-state index in [1.807, 2.05) is 60.7 Å². The highest BCUT2D eigenvalue weighted by Crippen LogP contribution is 2.37. The molecular weight excluding hydrogens is 601 g/mol. The van der Waals surface area contributed by atoms with Crippen LogP contribution in [0.25, 0.3) is 99.8 Å². The van der Waals surface area contributed by atoms with E-state index in [2.05, 4.69) is 97.1 Å². The van der Waals surface area contributed by atoms with Crippen LogP contribution in [-0.2, 0) is 0 Å². The Kier molecular flexibility index (Phi) is 6.11. The summed E-state index contributed by atoms with van der Waals surface area (Å²) >= 11 is 0. The van der Waals surface area contributed by atoms with Crippen LogP contribution in [0.5, 0.6) is 0 Å². The van der Waals surface area contributed by atoms with E-state index in [4.69, 9.17) is 24.4 Å². The molecule has 3 heterocycles. The fraction of sp³-hybridized carbons (Fsp3) is 0. The summed E-state index contributed by atoms with van der Waals surface area (Å²) in [5.41, 5.74) is 7.41. The topological polar surface area (TPSA) is 64.7 Å². The van der Waals surface area contributed by atoms with Gasteiger partial charge in [0, 0.05) is 32.7 Å². The lowest BCUT2D eigenvalue weighted by Crippen LogP contribution is -2.01. The molecule has 0 atom stereocenters. The molecule has 0 saturated heterocycles. The Balaban J connectivity index is 1.13. The number of hydrogen-bond donors (Lipinski definition) is 0. The Bertz CT molecular complexity index is 2870. The number of nitrogens with zero attached hydrogens (tertiary/aromatic N) is 4. The van der Waals surface area contributed by atoms with Crippen LogP contribution < -0.4 is 0 Å². The molecule has 0 aliphatic rings. The summed E-state index contributed by atoms with van der Waals surface area (Å²) < 4.78 is 6.16. The molecule has 0 aliphatic carbocycles. The largest absolute Gasteiger partial charge is 0.456 e. The quantitative estimate of drug-likeness (QED) is 0.182. The normalized spacial score (nSPS) is 11.7. The van der Waals surface area contributed by atoms with Crippen LogP contribution in [0.15, 0.2) is 162 Å². The molecule has 5 heteroatoms. The fourth-order valence-corrected chi connectivity index (χ4v) is 6.95. The monoisotopic (exact) mass is 626 g/mol. The van der Waals surface area contributed by atoms with Crippen molar-refractivity contribution >= 4 is 54.4 Å². The van der Waals surface area contributed by atoms with Gasteiger partial charge in [-0.05, 0) is 45.5 Å². The van der Waals surface area contributed by atoms with Crippen molar-refractivity contribution in [3.63, 3.8) is 0 Å². The highest BCUT2D eigenvalue weighted by molar-refractivity contribution is 6.19. The molecule has 49 heavy (non-hydrogen) atoms. The van der Waals surface area contributed by atoms with E-state index in [9.17, 15) is 0 Å². The average Bonchev–Trinajstić information content (AvgIpc) is 3.57. The van der Waals surface area contributed by atoms with Gasteiger partial charge in [-0.15, -0.1) is 0 Å². The molecule has 3 aromatic heterocycles. The van der Waals surface area contributed by atoms with Crippen molar-refractivity contribution in [2.75, 3.05) is 0 Å². The second kappa shape index (κ2) is 10.9. The van der Waals surface area contributed by atoms with Gasteiger partial charge in [0.2, 0.25) is 0 Å². The lowest BCUT2D eigenvalue weighted by Gasteiger charge is -2.11. The van der Waals surface area contributed by atoms with Crippen LogP contribution in [0.2, 0.25) is 0 Å². The fourth-order valence-electron chi connectivity index (χ4n) is 6.95. The van der Waals surface area contributed by atoms with Crippen LogP contribution in [0.3, 0.4) is 0 Å². The van der Waals surface area contributed by atoms with Gasteiger partial charge in [-0.3, -0.25) is 0 Å². The van der Waals surface area contributed by atoms with Gasteiger partial charge in [0.1, 0.15) is 16.9 Å². The van der Waals surface area contributed by atoms with E-state index >= 15 is 0 Å². The molecule has 228 valence electrons. The zero-order valence-electron chi connectivity index (χ0n) is 26.2. The standard InChI is InChI=1S/C44H26N4O/c1-2-10-31(11-3-1)42-46-43(32-23-18-28(19-24-32)34-14-8-16-38-40(34)35-13-6-7-15-37(35)49-38)48-44(47-42)36-26-25-30-22-21-29-20-17-27-9-4-5-12-33(27)39(29)41(30)45-36/h1-26H. The van der Waals surface area contributed by atoms with Gasteiger partial charge >= 0.3 is 0 Å². The Morgan fingerprint density at radius 1 is 0.347 bits per heavy atom. The number of rotatable bonds is 4. The van der Waals surface area contributed by atoms with E-state index in [1.165, 1.54) is 10.8 Å². The van der Waals surface area contributed by atoms with E-state index in [-0.39, 0.29) is 0 Å². The maximum atomic E-state index is 6.16. The SMILES string of the molecule is c1ccc(-c2nc(-c3ccc(-c4cccc5oc6ccccc6c45)cc3)nc(-c3ccc4ccc5ccc6ccccc6c5c4n3)n2)cc1. The molecule has 0 spiro atoms. The molecule has 0 N–H and O–H groups in total. The smallest absolute Gasteiger partial charge is 0.182 e. The van der Waals surface area contributed by atoms with E-state index < -0.39 is 0 Å². The predicted molar refractivity (Wildman–Crippen MR) is 199 cm³/mol. The molecular formula is C44H26N4O. The first kappa shape index (κ1) is 27.4. The summed E-state index contributed by atoms with van der Waals surface area (Å²) in [5, 5.41) is 7.93. The van der Waals surface area contributed by atoms with Gasteiger partial charge in [0.15, 0.2) is 17.5 Å². The van der Waals surface area contributed by atoms with Crippen molar-refractivity contribution in [3.8, 4) is 45.4 Å². The minimum Gasteiger partial charge on any atom is -0.456 e. The third-order valence-electron chi connectivity index (χ3n) is 9.32. The Morgan fingerprint density at radius 2 is 0.959 bits per heavy atom. The van der Waals surface area contributed by atoms with Gasteiger partial charge in [-0.2, -0.15) is 0 Å². The first-order valence-corrected chi connectivity index (χ1v) is 16.3. The molecule has 10 aromatic rings. The maximum absolute atomic E-state index is 6.16. The van der Waals surface area contributed by atoms with Crippen molar-refractivity contribution in [2.24, 2.45) is 0 Å². The Labute approximate surface area is 281 Å². The predicted octanol–water partition coefficient (Wildman–Crippen LogP) is 11.3.